The van der Waals surface area contributed by atoms with E-state index in [9.17, 15) is 5.11 Å². The Hall–Kier alpha value is -1.64. The number of aliphatic hydroxyl groups is 1. The van der Waals surface area contributed by atoms with E-state index in [-0.39, 0.29) is 11.5 Å². The van der Waals surface area contributed by atoms with Crippen molar-refractivity contribution in [2.75, 3.05) is 13.1 Å². The average Bonchev–Trinajstić information content (AvgIpc) is 2.62. The molecule has 0 aliphatic carbocycles. The molecule has 0 bridgehead atoms. The van der Waals surface area contributed by atoms with Crippen LogP contribution in [0, 0.1) is 5.92 Å². The summed E-state index contributed by atoms with van der Waals surface area (Å²) >= 11 is 0. The molecule has 2 aromatic rings. The summed E-state index contributed by atoms with van der Waals surface area (Å²) in [7, 11) is 0. The minimum atomic E-state index is -0.910. The van der Waals surface area contributed by atoms with Crippen LogP contribution in [0.5, 0.6) is 0 Å². The fourth-order valence-corrected chi connectivity index (χ4v) is 3.99. The molecule has 1 fully saturated rings. The van der Waals surface area contributed by atoms with Crippen LogP contribution in [0.2, 0.25) is 0 Å². The number of hydrogen-bond donors (Lipinski definition) is 1. The first-order chi connectivity index (χ1) is 11.4. The molecule has 1 aliphatic heterocycles. The van der Waals surface area contributed by atoms with Gasteiger partial charge in [-0.15, -0.1) is 0 Å². The molecule has 1 aliphatic rings. The van der Waals surface area contributed by atoms with E-state index in [4.69, 9.17) is 0 Å². The van der Waals surface area contributed by atoms with Gasteiger partial charge in [-0.25, -0.2) is 0 Å². The zero-order valence-corrected chi connectivity index (χ0v) is 15.1. The third-order valence-electron chi connectivity index (χ3n) is 5.46. The number of piperidine rings is 1. The molecule has 0 atom stereocenters. The van der Waals surface area contributed by atoms with Crippen molar-refractivity contribution in [3.8, 4) is 0 Å². The zero-order valence-electron chi connectivity index (χ0n) is 15.1. The van der Waals surface area contributed by atoms with Gasteiger partial charge in [-0.2, -0.15) is 0 Å². The Bertz CT molecular complexity index is 597. The SMILES string of the molecule is CC(C)(C)N1CCC(C(O)(c2ccccc2)c2ccccc2)CC1. The van der Waals surface area contributed by atoms with Crippen molar-refractivity contribution in [1.29, 1.82) is 0 Å². The predicted octanol–water partition coefficient (Wildman–Crippen LogP) is 4.43. The standard InChI is InChI=1S/C22H29NO/c1-21(2,3)23-16-14-20(15-17-23)22(24,18-10-6-4-7-11-18)19-12-8-5-9-13-19/h4-13,20,24H,14-17H2,1-3H3. The number of hydrogen-bond acceptors (Lipinski definition) is 2. The summed E-state index contributed by atoms with van der Waals surface area (Å²) < 4.78 is 0. The minimum Gasteiger partial charge on any atom is -0.380 e. The van der Waals surface area contributed by atoms with Crippen molar-refractivity contribution in [1.82, 2.24) is 4.90 Å². The highest BCUT2D eigenvalue weighted by Gasteiger charge is 2.42. The van der Waals surface area contributed by atoms with Crippen LogP contribution >= 0.6 is 0 Å². The van der Waals surface area contributed by atoms with Gasteiger partial charge in [0.1, 0.15) is 5.60 Å². The minimum absolute atomic E-state index is 0.197. The molecule has 2 aromatic carbocycles. The Morgan fingerprint density at radius 1 is 0.792 bits per heavy atom. The van der Waals surface area contributed by atoms with Gasteiger partial charge in [-0.05, 0) is 63.7 Å². The van der Waals surface area contributed by atoms with E-state index in [0.717, 1.165) is 37.1 Å². The molecule has 1 saturated heterocycles. The number of benzene rings is 2. The molecule has 3 rings (SSSR count). The van der Waals surface area contributed by atoms with Crippen molar-refractivity contribution in [2.24, 2.45) is 5.92 Å². The Kier molecular flexibility index (Phi) is 4.80. The number of nitrogens with zero attached hydrogens (tertiary/aromatic N) is 1. The Balaban J connectivity index is 1.93. The zero-order chi connectivity index (χ0) is 17.2. The molecule has 0 amide bonds. The van der Waals surface area contributed by atoms with Crippen molar-refractivity contribution < 1.29 is 5.11 Å². The van der Waals surface area contributed by atoms with Gasteiger partial charge < -0.3 is 5.11 Å². The highest BCUT2D eigenvalue weighted by molar-refractivity contribution is 5.37. The van der Waals surface area contributed by atoms with E-state index in [1.54, 1.807) is 0 Å². The molecule has 0 radical (unpaired) electrons. The Morgan fingerprint density at radius 2 is 1.21 bits per heavy atom. The van der Waals surface area contributed by atoms with Gasteiger partial charge in [0.2, 0.25) is 0 Å². The second-order valence-corrected chi connectivity index (χ2v) is 7.93. The molecule has 128 valence electrons. The fourth-order valence-electron chi connectivity index (χ4n) is 3.99. The van der Waals surface area contributed by atoms with Gasteiger partial charge in [0.15, 0.2) is 0 Å². The summed E-state index contributed by atoms with van der Waals surface area (Å²) in [6, 6.07) is 20.3. The van der Waals surface area contributed by atoms with Gasteiger partial charge >= 0.3 is 0 Å². The Labute approximate surface area is 146 Å². The van der Waals surface area contributed by atoms with Gasteiger partial charge in [-0.1, -0.05) is 60.7 Å². The first kappa shape index (κ1) is 17.2. The second-order valence-electron chi connectivity index (χ2n) is 7.93. The smallest absolute Gasteiger partial charge is 0.117 e. The molecule has 0 spiro atoms. The van der Waals surface area contributed by atoms with Crippen molar-refractivity contribution in [3.63, 3.8) is 0 Å². The highest BCUT2D eigenvalue weighted by atomic mass is 16.3. The molecular formula is C22H29NO. The molecule has 2 nitrogen and oxygen atoms in total. The predicted molar refractivity (Wildman–Crippen MR) is 99.9 cm³/mol. The largest absolute Gasteiger partial charge is 0.380 e. The first-order valence-electron chi connectivity index (χ1n) is 9.01. The topological polar surface area (TPSA) is 23.5 Å². The molecule has 0 saturated carbocycles. The normalized spacial score (nSPS) is 17.8. The third-order valence-corrected chi connectivity index (χ3v) is 5.46. The van der Waals surface area contributed by atoms with Crippen LogP contribution in [-0.2, 0) is 5.60 Å². The van der Waals surface area contributed by atoms with Crippen LogP contribution in [0.3, 0.4) is 0 Å². The van der Waals surface area contributed by atoms with E-state index in [2.05, 4.69) is 49.9 Å². The monoisotopic (exact) mass is 323 g/mol. The molecule has 0 unspecified atom stereocenters. The van der Waals surface area contributed by atoms with Crippen molar-refractivity contribution >= 4 is 0 Å². The molecular weight excluding hydrogens is 294 g/mol. The average molecular weight is 323 g/mol. The van der Waals surface area contributed by atoms with Crippen molar-refractivity contribution in [3.05, 3.63) is 71.8 Å². The van der Waals surface area contributed by atoms with Gasteiger partial charge in [0.05, 0.1) is 0 Å². The summed E-state index contributed by atoms with van der Waals surface area (Å²) in [5.74, 6) is 0.237. The van der Waals surface area contributed by atoms with E-state index in [1.165, 1.54) is 0 Å². The molecule has 1 heterocycles. The first-order valence-corrected chi connectivity index (χ1v) is 9.01. The maximum absolute atomic E-state index is 11.8. The van der Waals surface area contributed by atoms with Crippen LogP contribution in [0.25, 0.3) is 0 Å². The van der Waals surface area contributed by atoms with Crippen LogP contribution < -0.4 is 0 Å². The summed E-state index contributed by atoms with van der Waals surface area (Å²) in [5.41, 5.74) is 1.30. The molecule has 2 heteroatoms. The summed E-state index contributed by atoms with van der Waals surface area (Å²) in [6.07, 6.45) is 2.02. The highest BCUT2D eigenvalue weighted by Crippen LogP contribution is 2.42. The maximum Gasteiger partial charge on any atom is 0.117 e. The Morgan fingerprint density at radius 3 is 1.58 bits per heavy atom. The number of likely N-dealkylation sites (tertiary alicyclic amines) is 1. The van der Waals surface area contributed by atoms with E-state index in [1.807, 2.05) is 36.4 Å². The molecule has 24 heavy (non-hydrogen) atoms. The van der Waals surface area contributed by atoms with Gasteiger partial charge in [0, 0.05) is 5.54 Å². The lowest BCUT2D eigenvalue weighted by molar-refractivity contribution is -0.0280. The molecule has 0 aromatic heterocycles. The van der Waals surface area contributed by atoms with E-state index in [0.29, 0.717) is 0 Å². The van der Waals surface area contributed by atoms with Gasteiger partial charge in [-0.3, -0.25) is 4.90 Å². The lowest BCUT2D eigenvalue weighted by Gasteiger charge is -2.46. The lowest BCUT2D eigenvalue weighted by atomic mass is 9.71. The maximum atomic E-state index is 11.8. The van der Waals surface area contributed by atoms with Crippen LogP contribution in [0.4, 0.5) is 0 Å². The van der Waals surface area contributed by atoms with E-state index >= 15 is 0 Å². The summed E-state index contributed by atoms with van der Waals surface area (Å²) in [4.78, 5) is 2.53. The second kappa shape index (κ2) is 6.70. The summed E-state index contributed by atoms with van der Waals surface area (Å²) in [6.45, 7) is 8.89. The van der Waals surface area contributed by atoms with Crippen LogP contribution in [0.15, 0.2) is 60.7 Å². The van der Waals surface area contributed by atoms with Crippen LogP contribution in [0.1, 0.15) is 44.7 Å². The summed E-state index contributed by atoms with van der Waals surface area (Å²) in [5, 5.41) is 11.8. The fraction of sp³-hybridized carbons (Fsp3) is 0.455. The third kappa shape index (κ3) is 3.26. The van der Waals surface area contributed by atoms with Crippen LogP contribution in [-0.4, -0.2) is 28.6 Å². The molecule has 1 N–H and O–H groups in total. The van der Waals surface area contributed by atoms with E-state index < -0.39 is 5.60 Å². The quantitative estimate of drug-likeness (QED) is 0.903. The number of rotatable bonds is 3. The lowest BCUT2D eigenvalue weighted by Crippen LogP contribution is -2.50. The van der Waals surface area contributed by atoms with Gasteiger partial charge in [0.25, 0.3) is 0 Å². The van der Waals surface area contributed by atoms with Crippen molar-refractivity contribution in [2.45, 2.75) is 44.8 Å².